The van der Waals surface area contributed by atoms with E-state index in [9.17, 15) is 0 Å². The van der Waals surface area contributed by atoms with Crippen molar-refractivity contribution < 1.29 is 4.74 Å². The predicted octanol–water partition coefficient (Wildman–Crippen LogP) is 1.81. The minimum Gasteiger partial charge on any atom is -0.383 e. The second kappa shape index (κ2) is 6.14. The summed E-state index contributed by atoms with van der Waals surface area (Å²) in [6.07, 6.45) is 5.20. The molecule has 0 bridgehead atoms. The van der Waals surface area contributed by atoms with Gasteiger partial charge in [0.1, 0.15) is 0 Å². The summed E-state index contributed by atoms with van der Waals surface area (Å²) < 4.78 is 7.08. The molecule has 2 aromatic heterocycles. The lowest BCUT2D eigenvalue weighted by Crippen LogP contribution is -2.25. The number of fused-ring (bicyclic) bond motifs is 1. The Morgan fingerprint density at radius 2 is 2.47 bits per heavy atom. The molecule has 0 saturated heterocycles. The highest BCUT2D eigenvalue weighted by Crippen LogP contribution is 2.13. The maximum absolute atomic E-state index is 4.99. The number of aromatic nitrogens is 2. The summed E-state index contributed by atoms with van der Waals surface area (Å²) >= 11 is 1.68. The molecule has 0 fully saturated rings. The van der Waals surface area contributed by atoms with Crippen LogP contribution in [0.25, 0.3) is 4.96 Å². The molecule has 1 N–H and O–H groups in total. The predicted molar refractivity (Wildman–Crippen MR) is 70.7 cm³/mol. The fourth-order valence-electron chi connectivity index (χ4n) is 1.83. The van der Waals surface area contributed by atoms with Gasteiger partial charge >= 0.3 is 0 Å². The maximum Gasteiger partial charge on any atom is 0.193 e. The number of nitrogens with one attached hydrogen (secondary N) is 1. The van der Waals surface area contributed by atoms with Gasteiger partial charge in [-0.1, -0.05) is 6.92 Å². The van der Waals surface area contributed by atoms with Crippen molar-refractivity contribution in [1.82, 2.24) is 14.7 Å². The highest BCUT2D eigenvalue weighted by Gasteiger charge is 2.07. The SMILES string of the molecule is COCCNCC(C)Cc1cn2ccsc2n1. The minimum absolute atomic E-state index is 0.594. The fraction of sp³-hybridized carbons (Fsp3) is 0.583. The number of rotatable bonds is 7. The van der Waals surface area contributed by atoms with Gasteiger partial charge in [0.2, 0.25) is 0 Å². The normalized spacial score (nSPS) is 13.3. The van der Waals surface area contributed by atoms with Crippen LogP contribution >= 0.6 is 11.3 Å². The van der Waals surface area contributed by atoms with Crippen LogP contribution in [0.15, 0.2) is 17.8 Å². The van der Waals surface area contributed by atoms with Crippen LogP contribution in [0.3, 0.4) is 0 Å². The average Bonchev–Trinajstić information content (AvgIpc) is 2.84. The zero-order valence-electron chi connectivity index (χ0n) is 10.3. The van der Waals surface area contributed by atoms with Gasteiger partial charge in [-0.15, -0.1) is 11.3 Å². The summed E-state index contributed by atoms with van der Waals surface area (Å²) in [5, 5.41) is 5.43. The van der Waals surface area contributed by atoms with E-state index >= 15 is 0 Å². The lowest BCUT2D eigenvalue weighted by atomic mass is 10.1. The number of ether oxygens (including phenoxy) is 1. The lowest BCUT2D eigenvalue weighted by Gasteiger charge is -2.10. The molecular formula is C12H19N3OS. The number of hydrogen-bond acceptors (Lipinski definition) is 4. The van der Waals surface area contributed by atoms with E-state index in [1.165, 1.54) is 5.69 Å². The molecule has 4 nitrogen and oxygen atoms in total. The van der Waals surface area contributed by atoms with Crippen molar-refractivity contribution in [3.8, 4) is 0 Å². The first kappa shape index (κ1) is 12.5. The first-order valence-electron chi connectivity index (χ1n) is 5.90. The van der Waals surface area contributed by atoms with Crippen molar-refractivity contribution in [2.45, 2.75) is 13.3 Å². The molecule has 1 unspecified atom stereocenters. The van der Waals surface area contributed by atoms with Crippen LogP contribution in [-0.4, -0.2) is 36.2 Å². The highest BCUT2D eigenvalue weighted by atomic mass is 32.1. The van der Waals surface area contributed by atoms with Crippen LogP contribution in [0.1, 0.15) is 12.6 Å². The molecule has 5 heteroatoms. The molecule has 2 aromatic rings. The third kappa shape index (κ3) is 3.52. The Labute approximate surface area is 106 Å². The van der Waals surface area contributed by atoms with Crippen molar-refractivity contribution in [3.63, 3.8) is 0 Å². The number of methoxy groups -OCH3 is 1. The first-order chi connectivity index (χ1) is 8.29. The molecule has 0 spiro atoms. The van der Waals surface area contributed by atoms with Crippen LogP contribution in [0.4, 0.5) is 0 Å². The number of imidazole rings is 1. The first-order valence-corrected chi connectivity index (χ1v) is 6.78. The quantitative estimate of drug-likeness (QED) is 0.765. The van der Waals surface area contributed by atoms with E-state index in [1.54, 1.807) is 18.4 Å². The summed E-state index contributed by atoms with van der Waals surface area (Å²) in [5.74, 6) is 0.594. The molecule has 2 heterocycles. The van der Waals surface area contributed by atoms with Crippen LogP contribution in [-0.2, 0) is 11.2 Å². The smallest absolute Gasteiger partial charge is 0.193 e. The highest BCUT2D eigenvalue weighted by molar-refractivity contribution is 7.15. The standard InChI is InChI=1S/C12H19N3OS/c1-10(8-13-3-5-16-2)7-11-9-15-4-6-17-12(15)14-11/h4,6,9-10,13H,3,5,7-8H2,1-2H3. The Kier molecular flexibility index (Phi) is 4.53. The molecule has 0 amide bonds. The topological polar surface area (TPSA) is 38.6 Å². The van der Waals surface area contributed by atoms with Gasteiger partial charge in [0, 0.05) is 31.4 Å². The molecule has 94 valence electrons. The molecule has 0 aliphatic rings. The monoisotopic (exact) mass is 253 g/mol. The van der Waals surface area contributed by atoms with Crippen LogP contribution < -0.4 is 5.32 Å². The van der Waals surface area contributed by atoms with Crippen molar-refractivity contribution in [2.75, 3.05) is 26.8 Å². The molecule has 17 heavy (non-hydrogen) atoms. The molecule has 0 radical (unpaired) electrons. The maximum atomic E-state index is 4.99. The van der Waals surface area contributed by atoms with E-state index < -0.39 is 0 Å². The molecule has 0 saturated carbocycles. The Balaban J connectivity index is 1.78. The van der Waals surface area contributed by atoms with Crippen LogP contribution in [0.5, 0.6) is 0 Å². The van der Waals surface area contributed by atoms with E-state index in [0.29, 0.717) is 5.92 Å². The Morgan fingerprint density at radius 3 is 3.24 bits per heavy atom. The molecular weight excluding hydrogens is 234 g/mol. The van der Waals surface area contributed by atoms with Gasteiger partial charge in [-0.05, 0) is 18.9 Å². The van der Waals surface area contributed by atoms with Gasteiger partial charge < -0.3 is 10.1 Å². The van der Waals surface area contributed by atoms with Gasteiger partial charge in [0.15, 0.2) is 4.96 Å². The molecule has 0 aliphatic heterocycles. The van der Waals surface area contributed by atoms with Crippen molar-refractivity contribution in [1.29, 1.82) is 0 Å². The molecule has 2 rings (SSSR count). The molecule has 1 atom stereocenters. The summed E-state index contributed by atoms with van der Waals surface area (Å²) in [4.78, 5) is 5.67. The average molecular weight is 253 g/mol. The van der Waals surface area contributed by atoms with Crippen molar-refractivity contribution >= 4 is 16.3 Å². The van der Waals surface area contributed by atoms with Crippen LogP contribution in [0, 0.1) is 5.92 Å². The Hall–Kier alpha value is -0.910. The second-order valence-electron chi connectivity index (χ2n) is 4.33. The van der Waals surface area contributed by atoms with Gasteiger partial charge in [-0.2, -0.15) is 0 Å². The largest absolute Gasteiger partial charge is 0.383 e. The Morgan fingerprint density at radius 1 is 1.59 bits per heavy atom. The number of nitrogens with zero attached hydrogens (tertiary/aromatic N) is 2. The second-order valence-corrected chi connectivity index (χ2v) is 5.20. The number of hydrogen-bond donors (Lipinski definition) is 1. The summed E-state index contributed by atoms with van der Waals surface area (Å²) in [6, 6.07) is 0. The summed E-state index contributed by atoms with van der Waals surface area (Å²) in [7, 11) is 1.73. The lowest BCUT2D eigenvalue weighted by molar-refractivity contribution is 0.198. The zero-order chi connectivity index (χ0) is 12.1. The third-order valence-electron chi connectivity index (χ3n) is 2.68. The van der Waals surface area contributed by atoms with E-state index in [2.05, 4.69) is 39.4 Å². The van der Waals surface area contributed by atoms with E-state index in [-0.39, 0.29) is 0 Å². The number of thiazole rings is 1. The third-order valence-corrected chi connectivity index (χ3v) is 3.45. The van der Waals surface area contributed by atoms with Crippen molar-refractivity contribution in [2.24, 2.45) is 5.92 Å². The van der Waals surface area contributed by atoms with Crippen LogP contribution in [0.2, 0.25) is 0 Å². The fourth-order valence-corrected chi connectivity index (χ4v) is 2.55. The van der Waals surface area contributed by atoms with E-state index in [1.807, 2.05) is 0 Å². The minimum atomic E-state index is 0.594. The zero-order valence-corrected chi connectivity index (χ0v) is 11.2. The molecule has 0 aromatic carbocycles. The Bertz CT molecular complexity index is 423. The summed E-state index contributed by atoms with van der Waals surface area (Å²) in [6.45, 7) is 4.94. The van der Waals surface area contributed by atoms with Gasteiger partial charge in [0.05, 0.1) is 12.3 Å². The molecule has 0 aliphatic carbocycles. The van der Waals surface area contributed by atoms with Gasteiger partial charge in [-0.25, -0.2) is 4.98 Å². The van der Waals surface area contributed by atoms with Gasteiger partial charge in [-0.3, -0.25) is 4.40 Å². The summed E-state index contributed by atoms with van der Waals surface area (Å²) in [5.41, 5.74) is 1.18. The van der Waals surface area contributed by atoms with Crippen molar-refractivity contribution in [3.05, 3.63) is 23.5 Å². The van der Waals surface area contributed by atoms with E-state index in [4.69, 9.17) is 4.74 Å². The van der Waals surface area contributed by atoms with E-state index in [0.717, 1.165) is 31.1 Å². The van der Waals surface area contributed by atoms with Gasteiger partial charge in [0.25, 0.3) is 0 Å².